The molecular weight excluding hydrogens is 835 g/mol. The summed E-state index contributed by atoms with van der Waals surface area (Å²) in [6, 6.07) is 0. The minimum atomic E-state index is -1.70. The molecule has 0 aliphatic heterocycles. The van der Waals surface area contributed by atoms with Gasteiger partial charge in [-0.1, -0.05) is 0 Å². The van der Waals surface area contributed by atoms with Crippen molar-refractivity contribution in [2.75, 3.05) is 25.1 Å². The number of primary amides is 2. The predicted molar refractivity (Wildman–Crippen MR) is 145 cm³/mol. The topological polar surface area (TPSA) is 311 Å². The number of carbonyl (C=O) groups is 5. The SMILES string of the molecule is NC(=O)C(O)CO.NC(=O)C(O)CO.O=C(O)c1c(I)c(NC(=O)C(O)CO)c(I)c(C(=O)O)c1I. The summed E-state index contributed by atoms with van der Waals surface area (Å²) < 4.78 is 0.289. The van der Waals surface area contributed by atoms with E-state index in [0.29, 0.717) is 0 Å². The highest BCUT2D eigenvalue weighted by Gasteiger charge is 2.29. The number of aliphatic hydroxyl groups excluding tert-OH is 6. The lowest BCUT2D eigenvalue weighted by molar-refractivity contribution is -0.128. The van der Waals surface area contributed by atoms with Crippen molar-refractivity contribution >= 4 is 103 Å². The highest BCUT2D eigenvalue weighted by Crippen LogP contribution is 2.35. The molecular formula is C17H22I3N3O13. The zero-order valence-electron chi connectivity index (χ0n) is 17.8. The van der Waals surface area contributed by atoms with E-state index in [1.807, 2.05) is 0 Å². The van der Waals surface area contributed by atoms with Crippen LogP contribution in [0.5, 0.6) is 0 Å². The van der Waals surface area contributed by atoms with Gasteiger partial charge >= 0.3 is 11.9 Å². The molecule has 0 heterocycles. The van der Waals surface area contributed by atoms with Crippen LogP contribution in [0, 0.1) is 10.7 Å². The van der Waals surface area contributed by atoms with E-state index in [-0.39, 0.29) is 27.5 Å². The second kappa shape index (κ2) is 17.9. The Hall–Kier alpha value is -1.48. The van der Waals surface area contributed by atoms with Crippen LogP contribution in [-0.2, 0) is 14.4 Å². The van der Waals surface area contributed by atoms with Crippen molar-refractivity contribution in [1.29, 1.82) is 0 Å². The standard InChI is InChI=1S/C11H8I3NO7.2C3H7NO3/c12-5-3(10(19)20)6(13)8(7(14)4(5)11(21)22)15-9(18)2(17)1-16;2*4-3(7)2(6)1-5/h2,16-17H,1H2,(H,15,18)(H,19,20)(H,21,22);2*2,5-6H,1H2,(H2,4,7). The summed E-state index contributed by atoms with van der Waals surface area (Å²) in [5.41, 5.74) is 8.45. The zero-order chi connectivity index (χ0) is 28.9. The fraction of sp³-hybridized carbons (Fsp3) is 0.353. The fourth-order valence-electron chi connectivity index (χ4n) is 1.62. The van der Waals surface area contributed by atoms with Crippen LogP contribution >= 0.6 is 67.8 Å². The lowest BCUT2D eigenvalue weighted by atomic mass is 10.1. The van der Waals surface area contributed by atoms with E-state index >= 15 is 0 Å². The molecule has 3 unspecified atom stereocenters. The molecule has 0 aliphatic rings. The molecule has 0 aliphatic carbocycles. The number of rotatable bonds is 9. The first-order valence-electron chi connectivity index (χ1n) is 8.93. The van der Waals surface area contributed by atoms with Gasteiger partial charge in [0.05, 0.1) is 43.8 Å². The molecule has 16 nitrogen and oxygen atoms in total. The van der Waals surface area contributed by atoms with Crippen LogP contribution in [0.4, 0.5) is 5.69 Å². The summed E-state index contributed by atoms with van der Waals surface area (Å²) in [5, 5.41) is 71.1. The van der Waals surface area contributed by atoms with Crippen LogP contribution in [0.25, 0.3) is 0 Å². The van der Waals surface area contributed by atoms with Crippen LogP contribution in [0.2, 0.25) is 0 Å². The molecule has 3 atom stereocenters. The summed E-state index contributed by atoms with van der Waals surface area (Å²) in [7, 11) is 0. The average Bonchev–Trinajstić information content (AvgIpc) is 2.79. The summed E-state index contributed by atoms with van der Waals surface area (Å²) in [6.07, 6.45) is -4.51. The van der Waals surface area contributed by atoms with Gasteiger partial charge in [-0.25, -0.2) is 9.59 Å². The highest BCUT2D eigenvalue weighted by atomic mass is 127. The van der Waals surface area contributed by atoms with Crippen LogP contribution in [-0.4, -0.2) is 109 Å². The smallest absolute Gasteiger partial charge is 0.337 e. The minimum absolute atomic E-state index is 0.0334. The van der Waals surface area contributed by atoms with Crippen molar-refractivity contribution in [2.24, 2.45) is 11.5 Å². The third kappa shape index (κ3) is 11.7. The fourth-order valence-corrected chi connectivity index (χ4v) is 5.98. The minimum Gasteiger partial charge on any atom is -0.478 e. The molecule has 0 spiro atoms. The van der Waals surface area contributed by atoms with Gasteiger partial charge in [0, 0.05) is 3.57 Å². The number of carboxylic acids is 2. The average molecular weight is 857 g/mol. The van der Waals surface area contributed by atoms with Gasteiger partial charge in [-0.05, 0) is 67.8 Å². The van der Waals surface area contributed by atoms with Crippen molar-refractivity contribution in [3.05, 3.63) is 21.8 Å². The molecule has 1 aromatic rings. The molecule has 1 aromatic carbocycles. The zero-order valence-corrected chi connectivity index (χ0v) is 24.2. The van der Waals surface area contributed by atoms with E-state index in [1.54, 1.807) is 67.8 Å². The van der Waals surface area contributed by atoms with Gasteiger partial charge in [0.25, 0.3) is 5.91 Å². The third-order valence-corrected chi connectivity index (χ3v) is 6.71. The Morgan fingerprint density at radius 3 is 1.17 bits per heavy atom. The van der Waals surface area contributed by atoms with Crippen molar-refractivity contribution in [3.8, 4) is 0 Å². The number of nitrogens with one attached hydrogen (secondary N) is 1. The molecule has 3 amide bonds. The molecule has 0 radical (unpaired) electrons. The Bertz CT molecular complexity index is 916. The Morgan fingerprint density at radius 1 is 0.667 bits per heavy atom. The van der Waals surface area contributed by atoms with Crippen molar-refractivity contribution in [1.82, 2.24) is 0 Å². The number of hydrogen-bond donors (Lipinski definition) is 11. The van der Waals surface area contributed by atoms with Gasteiger partial charge in [-0.3, -0.25) is 14.4 Å². The summed E-state index contributed by atoms with van der Waals surface area (Å²) in [5.74, 6) is -5.45. The van der Waals surface area contributed by atoms with Crippen molar-refractivity contribution in [3.63, 3.8) is 0 Å². The molecule has 19 heteroatoms. The number of anilines is 1. The van der Waals surface area contributed by atoms with E-state index in [2.05, 4.69) is 16.8 Å². The van der Waals surface area contributed by atoms with E-state index in [0.717, 1.165) is 0 Å². The van der Waals surface area contributed by atoms with E-state index in [1.165, 1.54) is 0 Å². The number of aliphatic hydroxyl groups is 6. The Morgan fingerprint density at radius 2 is 0.972 bits per heavy atom. The largest absolute Gasteiger partial charge is 0.478 e. The molecule has 0 saturated heterocycles. The maximum Gasteiger partial charge on any atom is 0.337 e. The maximum atomic E-state index is 11.7. The van der Waals surface area contributed by atoms with Crippen LogP contribution in [0.1, 0.15) is 20.7 Å². The Kier molecular flexibility index (Phi) is 18.2. The van der Waals surface area contributed by atoms with Crippen LogP contribution < -0.4 is 16.8 Å². The van der Waals surface area contributed by atoms with E-state index in [4.69, 9.17) is 25.5 Å². The second-order valence-corrected chi connectivity index (χ2v) is 9.30. The first-order chi connectivity index (χ1) is 16.5. The number of carbonyl (C=O) groups excluding carboxylic acids is 3. The maximum absolute atomic E-state index is 11.7. The van der Waals surface area contributed by atoms with E-state index < -0.39 is 67.8 Å². The number of carboxylic acid groups (broad SMARTS) is 2. The number of hydrogen-bond acceptors (Lipinski definition) is 11. The number of nitrogens with two attached hydrogens (primary N) is 2. The second-order valence-electron chi connectivity index (χ2n) is 6.07. The van der Waals surface area contributed by atoms with E-state index in [9.17, 15) is 39.3 Å². The number of aromatic carboxylic acids is 2. The molecule has 36 heavy (non-hydrogen) atoms. The molecule has 204 valence electrons. The van der Waals surface area contributed by atoms with Gasteiger partial charge in [-0.15, -0.1) is 0 Å². The Labute approximate surface area is 243 Å². The predicted octanol–water partition coefficient (Wildman–Crippen LogP) is -3.16. The molecule has 1 rings (SSSR count). The first-order valence-corrected chi connectivity index (χ1v) is 12.2. The highest BCUT2D eigenvalue weighted by molar-refractivity contribution is 14.1. The lowest BCUT2D eigenvalue weighted by Gasteiger charge is -2.17. The van der Waals surface area contributed by atoms with Gasteiger partial charge in [-0.2, -0.15) is 0 Å². The molecule has 0 bridgehead atoms. The third-order valence-electron chi connectivity index (χ3n) is 3.47. The van der Waals surface area contributed by atoms with Gasteiger partial charge in [0.15, 0.2) is 18.3 Å². The van der Waals surface area contributed by atoms with Gasteiger partial charge in [0.1, 0.15) is 0 Å². The summed E-state index contributed by atoms with van der Waals surface area (Å²) in [4.78, 5) is 53.9. The number of amides is 3. The number of benzene rings is 1. The van der Waals surface area contributed by atoms with Crippen LogP contribution in [0.15, 0.2) is 0 Å². The van der Waals surface area contributed by atoms with Gasteiger partial charge in [0.2, 0.25) is 11.8 Å². The Balaban J connectivity index is 0. The molecule has 0 aromatic heterocycles. The summed E-state index contributed by atoms with van der Waals surface area (Å²) >= 11 is 4.97. The molecule has 0 fully saturated rings. The van der Waals surface area contributed by atoms with Gasteiger partial charge < -0.3 is 57.6 Å². The molecule has 0 saturated carbocycles. The first kappa shape index (κ1) is 36.7. The summed E-state index contributed by atoms with van der Waals surface area (Å²) in [6.45, 7) is -2.02. The monoisotopic (exact) mass is 857 g/mol. The normalized spacial score (nSPS) is 12.5. The van der Waals surface area contributed by atoms with Crippen LogP contribution in [0.3, 0.4) is 0 Å². The number of halogens is 3. The quantitative estimate of drug-likeness (QED) is 0.110. The van der Waals surface area contributed by atoms with Crippen molar-refractivity contribution < 1.29 is 64.8 Å². The van der Waals surface area contributed by atoms with Crippen molar-refractivity contribution in [2.45, 2.75) is 18.3 Å². The lowest BCUT2D eigenvalue weighted by Crippen LogP contribution is -2.31. The molecule has 13 N–H and O–H groups in total.